The number of benzene rings is 11. The molecule has 0 fully saturated rings. The largest absolute Gasteiger partial charge is 0.310 e. The Morgan fingerprint density at radius 1 is 0.309 bits per heavy atom. The normalized spacial score (nSPS) is 14.0. The second kappa shape index (κ2) is 14.8. The highest BCUT2D eigenvalue weighted by molar-refractivity contribution is 6.03. The van der Waals surface area contributed by atoms with Crippen LogP contribution in [0, 0.1) is 13.8 Å². The predicted octanol–water partition coefficient (Wildman–Crippen LogP) is 18.5. The average molecular weight is 873 g/mol. The third-order valence-electron chi connectivity index (χ3n) is 15.5. The smallest absolute Gasteiger partial charge is 0.0540 e. The Bertz CT molecular complexity index is 3640. The van der Waals surface area contributed by atoms with Gasteiger partial charge in [-0.25, -0.2) is 0 Å². The first-order chi connectivity index (χ1) is 33.1. The van der Waals surface area contributed by atoms with Crippen LogP contribution in [-0.4, -0.2) is 0 Å². The van der Waals surface area contributed by atoms with Crippen LogP contribution >= 0.6 is 0 Å². The minimum absolute atomic E-state index is 0.277. The van der Waals surface area contributed by atoms with E-state index in [0.29, 0.717) is 0 Å². The molecule has 11 aromatic carbocycles. The molecule has 0 amide bonds. The van der Waals surface area contributed by atoms with Crippen LogP contribution in [0.3, 0.4) is 0 Å². The van der Waals surface area contributed by atoms with Crippen LogP contribution in [0.1, 0.15) is 61.1 Å². The Labute approximate surface area is 399 Å². The summed E-state index contributed by atoms with van der Waals surface area (Å²) in [5, 5.41) is 9.87. The highest BCUT2D eigenvalue weighted by Crippen LogP contribution is 2.61. The zero-order valence-corrected chi connectivity index (χ0v) is 39.5. The summed E-state index contributed by atoms with van der Waals surface area (Å²) in [5.74, 6) is 0. The lowest BCUT2D eigenvalue weighted by Crippen LogP contribution is -2.24. The molecule has 2 aliphatic carbocycles. The van der Waals surface area contributed by atoms with Crippen LogP contribution in [0.5, 0.6) is 0 Å². The summed E-state index contributed by atoms with van der Waals surface area (Å²) in [6, 6.07) is 76.9. The first-order valence-corrected chi connectivity index (χ1v) is 24.1. The van der Waals surface area contributed by atoms with Crippen molar-refractivity contribution in [1.82, 2.24) is 0 Å². The molecule has 2 heteroatoms. The standard InChI is InChI=1S/C66H52N2/c1-41-35-51(67(49-31-29-43-17-7-9-21-47(43)37-49)59-27-15-23-45-19-11-13-25-53(45)59)39-57-61(41)55-33-34-56-62-42(2)36-52(40-58(62)66(5,6)64(56)63(55)65(57,3)4)68(50-32-30-44-18-8-10-22-48(44)38-50)60-28-16-24-46-20-12-14-26-54(46)60/h7-40H,1-6H3. The maximum absolute atomic E-state index is 2.51. The van der Waals surface area contributed by atoms with E-state index in [4.69, 9.17) is 0 Å². The number of aryl methyl sites for hydroxylation is 2. The summed E-state index contributed by atoms with van der Waals surface area (Å²) < 4.78 is 0. The van der Waals surface area contributed by atoms with Gasteiger partial charge in [-0.1, -0.05) is 173 Å². The summed E-state index contributed by atoms with van der Waals surface area (Å²) in [7, 11) is 0. The Morgan fingerprint density at radius 3 is 1.10 bits per heavy atom. The van der Waals surface area contributed by atoms with Crippen LogP contribution < -0.4 is 9.80 Å². The Balaban J connectivity index is 0.976. The van der Waals surface area contributed by atoms with Crippen molar-refractivity contribution in [3.63, 3.8) is 0 Å². The molecular weight excluding hydrogens is 821 g/mol. The molecule has 0 unspecified atom stereocenters. The second-order valence-corrected chi connectivity index (χ2v) is 20.3. The third kappa shape index (κ3) is 5.90. The van der Waals surface area contributed by atoms with Crippen molar-refractivity contribution in [3.8, 4) is 22.3 Å². The average Bonchev–Trinajstić information content (AvgIpc) is 3.73. The number of hydrogen-bond donors (Lipinski definition) is 0. The zero-order valence-electron chi connectivity index (χ0n) is 39.5. The van der Waals surface area contributed by atoms with Crippen LogP contribution in [0.4, 0.5) is 34.1 Å². The van der Waals surface area contributed by atoms with Gasteiger partial charge >= 0.3 is 0 Å². The van der Waals surface area contributed by atoms with E-state index in [9.17, 15) is 0 Å². The van der Waals surface area contributed by atoms with Gasteiger partial charge in [-0.15, -0.1) is 0 Å². The van der Waals surface area contributed by atoms with Gasteiger partial charge in [-0.05, 0) is 162 Å². The van der Waals surface area contributed by atoms with Gasteiger partial charge in [-0.2, -0.15) is 0 Å². The van der Waals surface area contributed by atoms with Crippen molar-refractivity contribution in [2.45, 2.75) is 52.4 Å². The molecule has 326 valence electrons. The van der Waals surface area contributed by atoms with Crippen molar-refractivity contribution < 1.29 is 0 Å². The minimum Gasteiger partial charge on any atom is -0.310 e. The molecule has 0 saturated heterocycles. The van der Waals surface area contributed by atoms with Crippen molar-refractivity contribution in [2.75, 3.05) is 9.80 Å². The van der Waals surface area contributed by atoms with E-state index in [2.05, 4.69) is 258 Å². The molecule has 2 nitrogen and oxygen atoms in total. The van der Waals surface area contributed by atoms with Gasteiger partial charge in [0, 0.05) is 44.4 Å². The van der Waals surface area contributed by atoms with Gasteiger partial charge in [-0.3, -0.25) is 0 Å². The summed E-state index contributed by atoms with van der Waals surface area (Å²) in [4.78, 5) is 4.99. The van der Waals surface area contributed by atoms with Crippen LogP contribution in [0.2, 0.25) is 0 Å². The Morgan fingerprint density at radius 2 is 0.676 bits per heavy atom. The molecule has 68 heavy (non-hydrogen) atoms. The van der Waals surface area contributed by atoms with Crippen molar-refractivity contribution >= 4 is 77.2 Å². The molecule has 0 heterocycles. The van der Waals surface area contributed by atoms with Gasteiger partial charge in [0.05, 0.1) is 11.4 Å². The highest BCUT2D eigenvalue weighted by atomic mass is 15.1. The summed E-state index contributed by atoms with van der Waals surface area (Å²) in [6.45, 7) is 14.5. The van der Waals surface area contributed by atoms with Gasteiger partial charge in [0.1, 0.15) is 0 Å². The SMILES string of the molecule is Cc1cc(N(c2ccc3ccccc3c2)c2cccc3ccccc23)cc2c1-c1ccc3c(c1C2(C)C)C(C)(C)c1cc(N(c2ccc4ccccc4c2)c2cccc4ccccc24)cc(C)c1-3. The molecule has 13 rings (SSSR count). The fraction of sp³-hybridized carbons (Fsp3) is 0.121. The van der Waals surface area contributed by atoms with E-state index < -0.39 is 0 Å². The van der Waals surface area contributed by atoms with E-state index in [0.717, 1.165) is 11.4 Å². The summed E-state index contributed by atoms with van der Waals surface area (Å²) in [5.41, 5.74) is 20.2. The van der Waals surface area contributed by atoms with E-state index in [1.807, 2.05) is 0 Å². The molecule has 0 radical (unpaired) electrons. The van der Waals surface area contributed by atoms with Crippen LogP contribution in [0.25, 0.3) is 65.3 Å². The van der Waals surface area contributed by atoms with Gasteiger partial charge in [0.15, 0.2) is 0 Å². The van der Waals surface area contributed by atoms with E-state index in [-0.39, 0.29) is 10.8 Å². The second-order valence-electron chi connectivity index (χ2n) is 20.3. The lowest BCUT2D eigenvalue weighted by molar-refractivity contribution is 0.601. The van der Waals surface area contributed by atoms with Crippen LogP contribution in [-0.2, 0) is 10.8 Å². The third-order valence-corrected chi connectivity index (χ3v) is 15.5. The van der Waals surface area contributed by atoms with Crippen molar-refractivity contribution in [2.24, 2.45) is 0 Å². The number of fused-ring (bicyclic) bond motifs is 11. The minimum atomic E-state index is -0.277. The summed E-state index contributed by atoms with van der Waals surface area (Å²) >= 11 is 0. The molecule has 0 bridgehead atoms. The molecule has 0 aromatic heterocycles. The lowest BCUT2D eigenvalue weighted by atomic mass is 9.72. The maximum Gasteiger partial charge on any atom is 0.0540 e. The predicted molar refractivity (Wildman–Crippen MR) is 290 cm³/mol. The number of nitrogens with zero attached hydrogens (tertiary/aromatic N) is 2. The fourth-order valence-corrected chi connectivity index (χ4v) is 12.4. The number of hydrogen-bond acceptors (Lipinski definition) is 2. The molecule has 0 saturated carbocycles. The molecule has 0 atom stereocenters. The van der Waals surface area contributed by atoms with E-state index in [1.165, 1.54) is 121 Å². The number of anilines is 6. The summed E-state index contributed by atoms with van der Waals surface area (Å²) in [6.07, 6.45) is 0. The van der Waals surface area contributed by atoms with Gasteiger partial charge in [0.25, 0.3) is 0 Å². The van der Waals surface area contributed by atoms with Gasteiger partial charge in [0.2, 0.25) is 0 Å². The molecular formula is C66H52N2. The van der Waals surface area contributed by atoms with Crippen LogP contribution in [0.15, 0.2) is 206 Å². The maximum atomic E-state index is 2.51. The van der Waals surface area contributed by atoms with Gasteiger partial charge < -0.3 is 9.80 Å². The number of rotatable bonds is 6. The molecule has 0 aliphatic heterocycles. The molecule has 0 spiro atoms. The van der Waals surface area contributed by atoms with Crippen molar-refractivity contribution in [1.29, 1.82) is 0 Å². The Kier molecular flexibility index (Phi) is 8.77. The van der Waals surface area contributed by atoms with E-state index in [1.54, 1.807) is 0 Å². The monoisotopic (exact) mass is 872 g/mol. The first kappa shape index (κ1) is 40.3. The topological polar surface area (TPSA) is 6.48 Å². The highest BCUT2D eigenvalue weighted by Gasteiger charge is 2.47. The zero-order chi connectivity index (χ0) is 46.1. The fourth-order valence-electron chi connectivity index (χ4n) is 12.4. The molecule has 11 aromatic rings. The molecule has 2 aliphatic rings. The quantitative estimate of drug-likeness (QED) is 0.164. The molecule has 0 N–H and O–H groups in total. The lowest BCUT2D eigenvalue weighted by Gasteiger charge is -2.32. The van der Waals surface area contributed by atoms with E-state index >= 15 is 0 Å². The Hall–Kier alpha value is -7.94. The first-order valence-electron chi connectivity index (χ1n) is 24.1. The van der Waals surface area contributed by atoms with Crippen molar-refractivity contribution in [3.05, 3.63) is 240 Å².